The summed E-state index contributed by atoms with van der Waals surface area (Å²) in [4.78, 5) is 12.8. The van der Waals surface area contributed by atoms with E-state index in [-0.39, 0.29) is 22.4 Å². The van der Waals surface area contributed by atoms with Crippen LogP contribution in [0.15, 0.2) is 65.6 Å². The Bertz CT molecular complexity index is 1330. The van der Waals surface area contributed by atoms with E-state index in [9.17, 15) is 17.6 Å². The van der Waals surface area contributed by atoms with Crippen molar-refractivity contribution in [1.29, 1.82) is 0 Å². The predicted octanol–water partition coefficient (Wildman–Crippen LogP) is 4.53. The van der Waals surface area contributed by atoms with Gasteiger partial charge in [0.25, 0.3) is 10.0 Å². The molecular weight excluding hydrogens is 471 g/mol. The van der Waals surface area contributed by atoms with Gasteiger partial charge in [0.05, 0.1) is 30.8 Å². The zero-order valence-corrected chi connectivity index (χ0v) is 21.1. The molecule has 0 aromatic heterocycles. The fourth-order valence-corrected chi connectivity index (χ4v) is 5.04. The minimum absolute atomic E-state index is 0.173. The van der Waals surface area contributed by atoms with Crippen molar-refractivity contribution in [2.24, 2.45) is 0 Å². The molecule has 0 aliphatic heterocycles. The average Bonchev–Trinajstić information content (AvgIpc) is 2.84. The van der Waals surface area contributed by atoms with E-state index in [4.69, 9.17) is 9.47 Å². The molecule has 0 heterocycles. The molecule has 7 nitrogen and oxygen atoms in total. The van der Waals surface area contributed by atoms with Crippen LogP contribution in [0, 0.1) is 19.7 Å². The van der Waals surface area contributed by atoms with Crippen LogP contribution in [0.5, 0.6) is 11.5 Å². The average molecular weight is 501 g/mol. The molecule has 3 rings (SSSR count). The maximum Gasteiger partial charge on any atom is 0.265 e. The van der Waals surface area contributed by atoms with Crippen LogP contribution in [-0.2, 0) is 14.8 Å². The van der Waals surface area contributed by atoms with E-state index in [1.165, 1.54) is 50.6 Å². The van der Waals surface area contributed by atoms with Crippen molar-refractivity contribution < 1.29 is 27.1 Å². The van der Waals surface area contributed by atoms with Crippen molar-refractivity contribution in [2.45, 2.75) is 31.7 Å². The Labute approximate surface area is 205 Å². The summed E-state index contributed by atoms with van der Waals surface area (Å²) in [6.45, 7) is 5.15. The van der Waals surface area contributed by atoms with E-state index in [0.717, 1.165) is 27.1 Å². The maximum atomic E-state index is 14.7. The number of hydrogen-bond donors (Lipinski definition) is 1. The van der Waals surface area contributed by atoms with Crippen LogP contribution in [-0.4, -0.2) is 35.1 Å². The second-order valence-corrected chi connectivity index (χ2v) is 9.98. The van der Waals surface area contributed by atoms with E-state index >= 15 is 0 Å². The van der Waals surface area contributed by atoms with Gasteiger partial charge in [-0.1, -0.05) is 30.3 Å². The summed E-state index contributed by atoms with van der Waals surface area (Å²) in [6, 6.07) is 14.9. The summed E-state index contributed by atoms with van der Waals surface area (Å²) < 4.78 is 53.1. The Balaban J connectivity index is 1.95. The predicted molar refractivity (Wildman–Crippen MR) is 133 cm³/mol. The smallest absolute Gasteiger partial charge is 0.265 e. The summed E-state index contributed by atoms with van der Waals surface area (Å²) in [7, 11) is -1.54. The second-order valence-electron chi connectivity index (χ2n) is 8.11. The third-order valence-corrected chi connectivity index (χ3v) is 7.52. The second kappa shape index (κ2) is 10.8. The molecule has 1 amide bonds. The lowest BCUT2D eigenvalue weighted by Crippen LogP contribution is -2.42. The van der Waals surface area contributed by atoms with Crippen molar-refractivity contribution in [3.8, 4) is 11.5 Å². The lowest BCUT2D eigenvalue weighted by Gasteiger charge is -2.26. The molecule has 0 aliphatic rings. The highest BCUT2D eigenvalue weighted by Gasteiger charge is 2.30. The molecule has 3 aromatic carbocycles. The van der Waals surface area contributed by atoms with Crippen molar-refractivity contribution in [2.75, 3.05) is 25.1 Å². The molecule has 0 aliphatic carbocycles. The molecule has 1 unspecified atom stereocenters. The van der Waals surface area contributed by atoms with E-state index < -0.39 is 28.3 Å². The SMILES string of the molecule is COc1ccc(S(=O)(=O)N(CC(=O)NC(C)c2ccc(C)c(C)c2)c2ccccc2F)cc1OC. The number of hydrogen-bond acceptors (Lipinski definition) is 5. The van der Waals surface area contributed by atoms with E-state index in [2.05, 4.69) is 5.32 Å². The summed E-state index contributed by atoms with van der Waals surface area (Å²) in [5.74, 6) is -0.826. The first-order chi connectivity index (χ1) is 16.6. The molecule has 35 heavy (non-hydrogen) atoms. The first-order valence-corrected chi connectivity index (χ1v) is 12.4. The zero-order chi connectivity index (χ0) is 25.8. The monoisotopic (exact) mass is 500 g/mol. The number of sulfonamides is 1. The molecule has 0 bridgehead atoms. The van der Waals surface area contributed by atoms with Gasteiger partial charge in [0.1, 0.15) is 12.4 Å². The largest absolute Gasteiger partial charge is 0.493 e. The summed E-state index contributed by atoms with van der Waals surface area (Å²) in [5.41, 5.74) is 2.84. The Morgan fingerprint density at radius 3 is 2.29 bits per heavy atom. The lowest BCUT2D eigenvalue weighted by atomic mass is 10.0. The molecule has 0 spiro atoms. The van der Waals surface area contributed by atoms with Gasteiger partial charge in [0.2, 0.25) is 5.91 Å². The van der Waals surface area contributed by atoms with Crippen LogP contribution < -0.4 is 19.1 Å². The fourth-order valence-electron chi connectivity index (χ4n) is 3.59. The number of rotatable bonds is 9. The Morgan fingerprint density at radius 2 is 1.66 bits per heavy atom. The normalized spacial score (nSPS) is 12.1. The highest BCUT2D eigenvalue weighted by atomic mass is 32.2. The Hall–Kier alpha value is -3.59. The van der Waals surface area contributed by atoms with Crippen LogP contribution >= 0.6 is 0 Å². The lowest BCUT2D eigenvalue weighted by molar-refractivity contribution is -0.120. The van der Waals surface area contributed by atoms with Gasteiger partial charge in [0.15, 0.2) is 11.5 Å². The number of amides is 1. The number of ether oxygens (including phenoxy) is 2. The number of carbonyl (C=O) groups is 1. The van der Waals surface area contributed by atoms with Crippen LogP contribution in [0.2, 0.25) is 0 Å². The molecule has 9 heteroatoms. The summed E-state index contributed by atoms with van der Waals surface area (Å²) in [6.07, 6.45) is 0. The number of halogens is 1. The van der Waals surface area contributed by atoms with Gasteiger partial charge in [-0.3, -0.25) is 9.10 Å². The Kier molecular flexibility index (Phi) is 8.01. The molecule has 0 fully saturated rings. The zero-order valence-electron chi connectivity index (χ0n) is 20.3. The van der Waals surface area contributed by atoms with Crippen molar-refractivity contribution in [3.05, 3.63) is 83.2 Å². The molecule has 1 N–H and O–H groups in total. The molecular formula is C26H29FN2O5S. The van der Waals surface area contributed by atoms with Crippen molar-refractivity contribution in [3.63, 3.8) is 0 Å². The van der Waals surface area contributed by atoms with Crippen LogP contribution in [0.1, 0.15) is 29.7 Å². The molecule has 186 valence electrons. The number of methoxy groups -OCH3 is 2. The number of nitrogens with zero attached hydrogens (tertiary/aromatic N) is 1. The minimum Gasteiger partial charge on any atom is -0.493 e. The van der Waals surface area contributed by atoms with Crippen LogP contribution in [0.4, 0.5) is 10.1 Å². The van der Waals surface area contributed by atoms with Gasteiger partial charge in [-0.2, -0.15) is 0 Å². The number of anilines is 1. The van der Waals surface area contributed by atoms with Gasteiger partial charge >= 0.3 is 0 Å². The Morgan fingerprint density at radius 1 is 0.971 bits per heavy atom. The molecule has 1 atom stereocenters. The maximum absolute atomic E-state index is 14.7. The van der Waals surface area contributed by atoms with E-state index in [1.807, 2.05) is 32.0 Å². The van der Waals surface area contributed by atoms with Gasteiger partial charge < -0.3 is 14.8 Å². The van der Waals surface area contributed by atoms with Crippen molar-refractivity contribution >= 4 is 21.6 Å². The summed E-state index contributed by atoms with van der Waals surface area (Å²) >= 11 is 0. The first-order valence-electron chi connectivity index (χ1n) is 10.9. The topological polar surface area (TPSA) is 84.9 Å². The number of aryl methyl sites for hydroxylation is 2. The highest BCUT2D eigenvalue weighted by molar-refractivity contribution is 7.92. The fraction of sp³-hybridized carbons (Fsp3) is 0.269. The summed E-state index contributed by atoms with van der Waals surface area (Å²) in [5, 5.41) is 2.81. The van der Waals surface area contributed by atoms with Crippen LogP contribution in [0.3, 0.4) is 0 Å². The van der Waals surface area contributed by atoms with E-state index in [1.54, 1.807) is 6.92 Å². The molecule has 0 saturated carbocycles. The standard InChI is InChI=1S/C26H29FN2O5S/c1-17-10-11-20(14-18(17)2)19(3)28-26(30)16-29(23-9-7-6-8-22(23)27)35(31,32)21-12-13-24(33-4)25(15-21)34-5/h6-15,19H,16H2,1-5H3,(H,28,30). The number of benzene rings is 3. The third kappa shape index (κ3) is 5.74. The molecule has 3 aromatic rings. The van der Waals surface area contributed by atoms with Gasteiger partial charge in [0, 0.05) is 6.07 Å². The third-order valence-electron chi connectivity index (χ3n) is 5.76. The van der Waals surface area contributed by atoms with Gasteiger partial charge in [-0.15, -0.1) is 0 Å². The molecule has 0 radical (unpaired) electrons. The first kappa shape index (κ1) is 26.0. The van der Waals surface area contributed by atoms with E-state index in [0.29, 0.717) is 5.75 Å². The van der Waals surface area contributed by atoms with Crippen LogP contribution in [0.25, 0.3) is 0 Å². The highest BCUT2D eigenvalue weighted by Crippen LogP contribution is 2.33. The minimum atomic E-state index is -4.35. The van der Waals surface area contributed by atoms with Gasteiger partial charge in [-0.05, 0) is 61.7 Å². The van der Waals surface area contributed by atoms with Crippen molar-refractivity contribution in [1.82, 2.24) is 5.32 Å². The quantitative estimate of drug-likeness (QED) is 0.467. The number of nitrogens with one attached hydrogen (secondary N) is 1. The number of carbonyl (C=O) groups excluding carboxylic acids is 1. The molecule has 0 saturated heterocycles. The number of para-hydroxylation sites is 1. The van der Waals surface area contributed by atoms with Gasteiger partial charge in [-0.25, -0.2) is 12.8 Å².